The summed E-state index contributed by atoms with van der Waals surface area (Å²) in [6.07, 6.45) is 2.23. The molecule has 0 bridgehead atoms. The number of ether oxygens (including phenoxy) is 1. The first-order valence-electron chi connectivity index (χ1n) is 8.87. The quantitative estimate of drug-likeness (QED) is 0.820. The zero-order valence-corrected chi connectivity index (χ0v) is 14.6. The number of carbonyl (C=O) groups excluding carboxylic acids is 1. The van der Waals surface area contributed by atoms with Crippen molar-refractivity contribution in [3.05, 3.63) is 54.1 Å². The van der Waals surface area contributed by atoms with Gasteiger partial charge in [0.15, 0.2) is 5.78 Å². The van der Waals surface area contributed by atoms with Crippen LogP contribution in [0.15, 0.2) is 48.5 Å². The summed E-state index contributed by atoms with van der Waals surface area (Å²) in [6.45, 7) is 4.51. The van der Waals surface area contributed by atoms with E-state index in [2.05, 4.69) is 17.0 Å². The van der Waals surface area contributed by atoms with E-state index in [4.69, 9.17) is 9.84 Å². The average Bonchev–Trinajstić information content (AvgIpc) is 2.64. The van der Waals surface area contributed by atoms with Crippen LogP contribution in [0.5, 0.6) is 5.75 Å². The van der Waals surface area contributed by atoms with E-state index >= 15 is 0 Å². The number of piperidine rings is 1. The molecule has 1 fully saturated rings. The second-order valence-electron chi connectivity index (χ2n) is 6.54. The van der Waals surface area contributed by atoms with Crippen LogP contribution in [0, 0.1) is 0 Å². The van der Waals surface area contributed by atoms with Gasteiger partial charge >= 0.3 is 0 Å². The minimum Gasteiger partial charge on any atom is -0.490 e. The summed E-state index contributed by atoms with van der Waals surface area (Å²) in [5.41, 5.74) is 2.94. The molecule has 0 unspecified atom stereocenters. The highest BCUT2D eigenvalue weighted by Crippen LogP contribution is 2.25. The van der Waals surface area contributed by atoms with Crippen molar-refractivity contribution < 1.29 is 14.6 Å². The molecule has 1 aliphatic rings. The van der Waals surface area contributed by atoms with Gasteiger partial charge in [-0.05, 0) is 43.0 Å². The first-order valence-corrected chi connectivity index (χ1v) is 8.87. The number of β-amino-alcohol motifs (C(OH)–C–C–N with tert-alkyl or cyclic N) is 1. The van der Waals surface area contributed by atoms with E-state index in [1.165, 1.54) is 0 Å². The van der Waals surface area contributed by atoms with E-state index < -0.39 is 0 Å². The molecule has 2 aromatic carbocycles. The second kappa shape index (κ2) is 8.28. The molecular formula is C21H25NO3. The van der Waals surface area contributed by atoms with Crippen LogP contribution in [0.4, 0.5) is 0 Å². The highest BCUT2D eigenvalue weighted by atomic mass is 16.5. The molecule has 0 saturated carbocycles. The Kier molecular flexibility index (Phi) is 5.84. The fourth-order valence-electron chi connectivity index (χ4n) is 3.21. The van der Waals surface area contributed by atoms with E-state index in [1.54, 1.807) is 6.92 Å². The number of carbonyl (C=O) groups is 1. The van der Waals surface area contributed by atoms with E-state index in [0.29, 0.717) is 0 Å². The standard InChI is InChI=1S/C21H25NO3/c1-16(24)17-2-4-18(5-3-17)19-6-8-20(9-7-19)25-21-10-12-22(13-11-21)14-15-23/h2-9,21,23H,10-15H2,1H3. The highest BCUT2D eigenvalue weighted by Gasteiger charge is 2.19. The molecular weight excluding hydrogens is 314 g/mol. The smallest absolute Gasteiger partial charge is 0.159 e. The molecule has 4 heteroatoms. The Labute approximate surface area is 149 Å². The van der Waals surface area contributed by atoms with Crippen molar-refractivity contribution in [1.29, 1.82) is 0 Å². The Hall–Kier alpha value is -2.17. The predicted molar refractivity (Wildman–Crippen MR) is 99.1 cm³/mol. The van der Waals surface area contributed by atoms with Crippen LogP contribution >= 0.6 is 0 Å². The number of Topliss-reactive ketones (excluding diaryl/α,β-unsaturated/α-hetero) is 1. The van der Waals surface area contributed by atoms with Crippen molar-refractivity contribution in [1.82, 2.24) is 4.90 Å². The fraction of sp³-hybridized carbons (Fsp3) is 0.381. The number of ketones is 1. The van der Waals surface area contributed by atoms with Gasteiger partial charge in [0.05, 0.1) is 6.61 Å². The largest absolute Gasteiger partial charge is 0.490 e. The maximum atomic E-state index is 11.4. The van der Waals surface area contributed by atoms with E-state index in [9.17, 15) is 4.79 Å². The molecule has 4 nitrogen and oxygen atoms in total. The topological polar surface area (TPSA) is 49.8 Å². The van der Waals surface area contributed by atoms with Gasteiger partial charge in [0.1, 0.15) is 11.9 Å². The van der Waals surface area contributed by atoms with Crippen molar-refractivity contribution in [3.8, 4) is 16.9 Å². The third kappa shape index (κ3) is 4.68. The molecule has 1 aliphatic heterocycles. The Morgan fingerprint density at radius 1 is 1.04 bits per heavy atom. The van der Waals surface area contributed by atoms with E-state index in [0.717, 1.165) is 54.9 Å². The molecule has 1 saturated heterocycles. The molecule has 0 amide bonds. The summed E-state index contributed by atoms with van der Waals surface area (Å²) >= 11 is 0. The summed E-state index contributed by atoms with van der Waals surface area (Å²) in [6, 6.07) is 15.8. The first-order chi connectivity index (χ1) is 12.2. The summed E-state index contributed by atoms with van der Waals surface area (Å²) in [4.78, 5) is 13.6. The SMILES string of the molecule is CC(=O)c1ccc(-c2ccc(OC3CCN(CCO)CC3)cc2)cc1. The van der Waals surface area contributed by atoms with Crippen LogP contribution in [-0.4, -0.2) is 48.1 Å². The molecule has 0 atom stereocenters. The van der Waals surface area contributed by atoms with Crippen molar-refractivity contribution in [2.24, 2.45) is 0 Å². The zero-order valence-electron chi connectivity index (χ0n) is 14.6. The van der Waals surface area contributed by atoms with Crippen molar-refractivity contribution in [2.45, 2.75) is 25.9 Å². The van der Waals surface area contributed by atoms with Gasteiger partial charge in [-0.25, -0.2) is 0 Å². The summed E-state index contributed by atoms with van der Waals surface area (Å²) in [5.74, 6) is 0.977. The summed E-state index contributed by atoms with van der Waals surface area (Å²) in [5, 5.41) is 8.99. The minimum absolute atomic E-state index is 0.0836. The van der Waals surface area contributed by atoms with Crippen molar-refractivity contribution in [2.75, 3.05) is 26.2 Å². The highest BCUT2D eigenvalue weighted by molar-refractivity contribution is 5.94. The average molecular weight is 339 g/mol. The van der Waals surface area contributed by atoms with Gasteiger partial charge < -0.3 is 14.7 Å². The van der Waals surface area contributed by atoms with Gasteiger partial charge in [-0.1, -0.05) is 36.4 Å². The van der Waals surface area contributed by atoms with Crippen LogP contribution < -0.4 is 4.74 Å². The lowest BCUT2D eigenvalue weighted by Crippen LogP contribution is -2.39. The number of benzene rings is 2. The van der Waals surface area contributed by atoms with Gasteiger partial charge in [0.2, 0.25) is 0 Å². The number of hydrogen-bond acceptors (Lipinski definition) is 4. The van der Waals surface area contributed by atoms with Gasteiger partial charge in [-0.15, -0.1) is 0 Å². The molecule has 1 heterocycles. The maximum Gasteiger partial charge on any atom is 0.159 e. The molecule has 0 spiro atoms. The monoisotopic (exact) mass is 339 g/mol. The van der Waals surface area contributed by atoms with Gasteiger partial charge in [-0.2, -0.15) is 0 Å². The van der Waals surface area contributed by atoms with Crippen LogP contribution in [0.3, 0.4) is 0 Å². The Bertz CT molecular complexity index is 686. The number of likely N-dealkylation sites (tertiary alicyclic amines) is 1. The lowest BCUT2D eigenvalue weighted by atomic mass is 10.0. The number of hydrogen-bond donors (Lipinski definition) is 1. The molecule has 1 N–H and O–H groups in total. The number of aliphatic hydroxyl groups is 1. The Morgan fingerprint density at radius 2 is 1.60 bits per heavy atom. The molecule has 132 valence electrons. The third-order valence-corrected chi connectivity index (χ3v) is 4.73. The first kappa shape index (κ1) is 17.6. The van der Waals surface area contributed by atoms with Gasteiger partial charge in [0, 0.05) is 25.2 Å². The third-order valence-electron chi connectivity index (χ3n) is 4.73. The lowest BCUT2D eigenvalue weighted by Gasteiger charge is -2.31. The Morgan fingerprint density at radius 3 is 2.12 bits per heavy atom. The normalized spacial score (nSPS) is 15.9. The predicted octanol–water partition coefficient (Wildman–Crippen LogP) is 3.39. The van der Waals surface area contributed by atoms with Gasteiger partial charge in [0.25, 0.3) is 0 Å². The van der Waals surface area contributed by atoms with Crippen LogP contribution in [0.2, 0.25) is 0 Å². The molecule has 25 heavy (non-hydrogen) atoms. The zero-order chi connectivity index (χ0) is 17.6. The lowest BCUT2D eigenvalue weighted by molar-refractivity contribution is 0.0889. The minimum atomic E-state index is 0.0836. The van der Waals surface area contributed by atoms with Crippen LogP contribution in [-0.2, 0) is 0 Å². The van der Waals surface area contributed by atoms with Crippen LogP contribution in [0.1, 0.15) is 30.1 Å². The molecule has 0 aliphatic carbocycles. The van der Waals surface area contributed by atoms with E-state index in [-0.39, 0.29) is 18.5 Å². The summed E-state index contributed by atoms with van der Waals surface area (Å²) in [7, 11) is 0. The second-order valence-corrected chi connectivity index (χ2v) is 6.54. The molecule has 2 aromatic rings. The Balaban J connectivity index is 1.58. The maximum absolute atomic E-state index is 11.4. The number of nitrogens with zero attached hydrogens (tertiary/aromatic N) is 1. The fourth-order valence-corrected chi connectivity index (χ4v) is 3.21. The van der Waals surface area contributed by atoms with Gasteiger partial charge in [-0.3, -0.25) is 4.79 Å². The van der Waals surface area contributed by atoms with E-state index in [1.807, 2.05) is 36.4 Å². The molecule has 3 rings (SSSR count). The van der Waals surface area contributed by atoms with Crippen LogP contribution in [0.25, 0.3) is 11.1 Å². The number of rotatable bonds is 6. The molecule has 0 aromatic heterocycles. The molecule has 0 radical (unpaired) electrons. The number of aliphatic hydroxyl groups excluding tert-OH is 1. The van der Waals surface area contributed by atoms with Crippen molar-refractivity contribution >= 4 is 5.78 Å². The van der Waals surface area contributed by atoms with Crippen molar-refractivity contribution in [3.63, 3.8) is 0 Å². The summed E-state index contributed by atoms with van der Waals surface area (Å²) < 4.78 is 6.09.